The zero-order valence-corrected chi connectivity index (χ0v) is 11.4. The number of ether oxygens (including phenoxy) is 1. The minimum Gasteiger partial charge on any atom is -0.367 e. The average molecular weight is 255 g/mol. The molecule has 0 bridgehead atoms. The fraction of sp³-hybridized carbons (Fsp3) is 0.615. The number of nitrogens with zero attached hydrogens (tertiary/aromatic N) is 2. The molecular weight excluding hydrogens is 236 g/mol. The molecule has 0 spiro atoms. The Morgan fingerprint density at radius 2 is 2.35 bits per heavy atom. The first-order valence-electron chi connectivity index (χ1n) is 5.92. The van der Waals surface area contributed by atoms with E-state index < -0.39 is 0 Å². The summed E-state index contributed by atoms with van der Waals surface area (Å²) in [4.78, 5) is 6.73. The van der Waals surface area contributed by atoms with Gasteiger partial charge in [0, 0.05) is 19.3 Å². The van der Waals surface area contributed by atoms with Gasteiger partial charge in [0.1, 0.15) is 5.82 Å². The van der Waals surface area contributed by atoms with Crippen LogP contribution in [0.4, 0.5) is 5.82 Å². The number of anilines is 1. The molecule has 0 aliphatic carbocycles. The van der Waals surface area contributed by atoms with Gasteiger partial charge in [-0.3, -0.25) is 0 Å². The molecule has 4 heteroatoms. The maximum atomic E-state index is 5.93. The summed E-state index contributed by atoms with van der Waals surface area (Å²) < 4.78 is 5.91. The highest BCUT2D eigenvalue weighted by molar-refractivity contribution is 6.18. The van der Waals surface area contributed by atoms with Crippen molar-refractivity contribution in [2.24, 2.45) is 0 Å². The third kappa shape index (κ3) is 2.90. The monoisotopic (exact) mass is 254 g/mol. The molecule has 0 N–H and O–H groups in total. The Labute approximate surface area is 108 Å². The molecule has 3 nitrogen and oxygen atoms in total. The smallest absolute Gasteiger partial charge is 0.131 e. The number of aromatic nitrogens is 1. The van der Waals surface area contributed by atoms with Gasteiger partial charge in [-0.1, -0.05) is 6.07 Å². The summed E-state index contributed by atoms with van der Waals surface area (Å²) in [5.74, 6) is 1.56. The fourth-order valence-electron chi connectivity index (χ4n) is 2.35. The summed E-state index contributed by atoms with van der Waals surface area (Å²) in [6, 6.07) is 4.05. The van der Waals surface area contributed by atoms with Gasteiger partial charge in [-0.25, -0.2) is 4.98 Å². The number of aryl methyl sites for hydroxylation is 1. The van der Waals surface area contributed by atoms with E-state index in [9.17, 15) is 0 Å². The molecule has 1 aliphatic heterocycles. The molecular formula is C13H19ClN2O. The predicted molar refractivity (Wildman–Crippen MR) is 70.9 cm³/mol. The van der Waals surface area contributed by atoms with Gasteiger partial charge in [0.2, 0.25) is 0 Å². The molecule has 1 aromatic rings. The molecule has 0 radical (unpaired) electrons. The Bertz CT molecular complexity index is 395. The second-order valence-corrected chi connectivity index (χ2v) is 5.49. The van der Waals surface area contributed by atoms with Crippen molar-refractivity contribution in [3.63, 3.8) is 0 Å². The van der Waals surface area contributed by atoms with Crippen molar-refractivity contribution in [3.05, 3.63) is 23.9 Å². The molecule has 17 heavy (non-hydrogen) atoms. The van der Waals surface area contributed by atoms with Crippen LogP contribution in [0.2, 0.25) is 0 Å². The van der Waals surface area contributed by atoms with Gasteiger partial charge >= 0.3 is 0 Å². The zero-order chi connectivity index (χ0) is 12.5. The first-order valence-corrected chi connectivity index (χ1v) is 6.45. The van der Waals surface area contributed by atoms with E-state index in [-0.39, 0.29) is 11.7 Å². The first-order chi connectivity index (χ1) is 8.02. The zero-order valence-electron chi connectivity index (χ0n) is 10.6. The molecule has 1 unspecified atom stereocenters. The van der Waals surface area contributed by atoms with E-state index in [0.29, 0.717) is 5.88 Å². The Kier molecular flexibility index (Phi) is 3.59. The highest BCUT2D eigenvalue weighted by atomic mass is 35.5. The van der Waals surface area contributed by atoms with Gasteiger partial charge < -0.3 is 9.64 Å². The van der Waals surface area contributed by atoms with Crippen LogP contribution >= 0.6 is 11.6 Å². The lowest BCUT2D eigenvalue weighted by molar-refractivity contribution is -0.0736. The Morgan fingerprint density at radius 3 is 3.00 bits per heavy atom. The average Bonchev–Trinajstić information content (AvgIpc) is 2.27. The number of hydrogen-bond donors (Lipinski definition) is 0. The van der Waals surface area contributed by atoms with Gasteiger partial charge in [0.15, 0.2) is 0 Å². The Morgan fingerprint density at radius 1 is 1.59 bits per heavy atom. The molecule has 1 fully saturated rings. The van der Waals surface area contributed by atoms with Crippen LogP contribution in [0.3, 0.4) is 0 Å². The summed E-state index contributed by atoms with van der Waals surface area (Å²) in [6.45, 7) is 7.93. The minimum absolute atomic E-state index is 0.0711. The van der Waals surface area contributed by atoms with Crippen LogP contribution in [-0.4, -0.2) is 35.7 Å². The van der Waals surface area contributed by atoms with Crippen molar-refractivity contribution in [2.45, 2.75) is 32.5 Å². The molecule has 1 aromatic heterocycles. The van der Waals surface area contributed by atoms with E-state index in [0.717, 1.165) is 18.9 Å². The van der Waals surface area contributed by atoms with Gasteiger partial charge in [0.05, 0.1) is 17.6 Å². The standard InChI is InChI=1S/C13H19ClN2O/c1-10-5-4-6-15-12(10)16-8-11(7-14)17-13(2,3)9-16/h4-6,11H,7-9H2,1-3H3. The summed E-state index contributed by atoms with van der Waals surface area (Å²) in [6.07, 6.45) is 1.90. The van der Waals surface area contributed by atoms with E-state index in [2.05, 4.69) is 36.7 Å². The number of hydrogen-bond acceptors (Lipinski definition) is 3. The van der Waals surface area contributed by atoms with Crippen LogP contribution in [0.5, 0.6) is 0 Å². The summed E-state index contributed by atoms with van der Waals surface area (Å²) in [5, 5.41) is 0. The number of morpholine rings is 1. The second-order valence-electron chi connectivity index (χ2n) is 5.18. The Hall–Kier alpha value is -0.800. The maximum Gasteiger partial charge on any atom is 0.131 e. The van der Waals surface area contributed by atoms with Gasteiger partial charge in [-0.05, 0) is 32.4 Å². The lowest BCUT2D eigenvalue weighted by Crippen LogP contribution is -2.53. The molecule has 1 atom stereocenters. The van der Waals surface area contributed by atoms with Crippen molar-refractivity contribution >= 4 is 17.4 Å². The SMILES string of the molecule is Cc1cccnc1N1CC(CCl)OC(C)(C)C1. The molecule has 1 aliphatic rings. The van der Waals surface area contributed by atoms with Crippen LogP contribution in [0.25, 0.3) is 0 Å². The van der Waals surface area contributed by atoms with E-state index in [1.165, 1.54) is 5.56 Å². The quantitative estimate of drug-likeness (QED) is 0.759. The van der Waals surface area contributed by atoms with Crippen molar-refractivity contribution in [1.82, 2.24) is 4.98 Å². The number of alkyl halides is 1. The van der Waals surface area contributed by atoms with E-state index in [1.54, 1.807) is 0 Å². The predicted octanol–water partition coefficient (Wildman–Crippen LogP) is 2.61. The largest absolute Gasteiger partial charge is 0.367 e. The van der Waals surface area contributed by atoms with Gasteiger partial charge in [0.25, 0.3) is 0 Å². The summed E-state index contributed by atoms with van der Waals surface area (Å²) >= 11 is 5.93. The number of halogens is 1. The lowest BCUT2D eigenvalue weighted by atomic mass is 10.0. The number of pyridine rings is 1. The van der Waals surface area contributed by atoms with E-state index >= 15 is 0 Å². The molecule has 0 aromatic carbocycles. The van der Waals surface area contributed by atoms with Crippen molar-refractivity contribution in [3.8, 4) is 0 Å². The molecule has 2 heterocycles. The molecule has 1 saturated heterocycles. The number of rotatable bonds is 2. The topological polar surface area (TPSA) is 25.4 Å². The first kappa shape index (κ1) is 12.7. The minimum atomic E-state index is -0.179. The molecule has 0 amide bonds. The van der Waals surface area contributed by atoms with Crippen LogP contribution < -0.4 is 4.90 Å². The van der Waals surface area contributed by atoms with E-state index in [1.807, 2.05) is 12.3 Å². The van der Waals surface area contributed by atoms with Gasteiger partial charge in [-0.2, -0.15) is 0 Å². The van der Waals surface area contributed by atoms with Crippen molar-refractivity contribution in [1.29, 1.82) is 0 Å². The summed E-state index contributed by atoms with van der Waals surface area (Å²) in [5.41, 5.74) is 1.01. The van der Waals surface area contributed by atoms with Crippen LogP contribution in [0, 0.1) is 6.92 Å². The van der Waals surface area contributed by atoms with Crippen LogP contribution in [-0.2, 0) is 4.74 Å². The second kappa shape index (κ2) is 4.83. The lowest BCUT2D eigenvalue weighted by Gasteiger charge is -2.43. The highest BCUT2D eigenvalue weighted by Gasteiger charge is 2.33. The summed E-state index contributed by atoms with van der Waals surface area (Å²) in [7, 11) is 0. The van der Waals surface area contributed by atoms with E-state index in [4.69, 9.17) is 16.3 Å². The highest BCUT2D eigenvalue weighted by Crippen LogP contribution is 2.26. The third-order valence-corrected chi connectivity index (χ3v) is 3.28. The molecule has 2 rings (SSSR count). The fourth-order valence-corrected chi connectivity index (χ4v) is 2.51. The molecule has 0 saturated carbocycles. The Balaban J connectivity index is 2.24. The van der Waals surface area contributed by atoms with Crippen molar-refractivity contribution < 1.29 is 4.74 Å². The van der Waals surface area contributed by atoms with Crippen molar-refractivity contribution in [2.75, 3.05) is 23.9 Å². The van der Waals surface area contributed by atoms with Crippen LogP contribution in [0.15, 0.2) is 18.3 Å². The normalized spacial score (nSPS) is 23.8. The van der Waals surface area contributed by atoms with Gasteiger partial charge in [-0.15, -0.1) is 11.6 Å². The third-order valence-electron chi connectivity index (χ3n) is 2.93. The molecule has 94 valence electrons. The maximum absolute atomic E-state index is 5.93. The van der Waals surface area contributed by atoms with Crippen LogP contribution in [0.1, 0.15) is 19.4 Å².